The van der Waals surface area contributed by atoms with Gasteiger partial charge in [0.05, 0.1) is 33.1 Å². The van der Waals surface area contributed by atoms with E-state index in [0.717, 1.165) is 22.3 Å². The van der Waals surface area contributed by atoms with E-state index in [4.69, 9.17) is 25.8 Å². The van der Waals surface area contributed by atoms with Crippen LogP contribution in [0.3, 0.4) is 0 Å². The summed E-state index contributed by atoms with van der Waals surface area (Å²) in [6.07, 6.45) is 1.24. The minimum absolute atomic E-state index is 0.171. The van der Waals surface area contributed by atoms with Crippen LogP contribution in [0.4, 0.5) is 5.69 Å². The summed E-state index contributed by atoms with van der Waals surface area (Å²) in [6.45, 7) is 1.87. The van der Waals surface area contributed by atoms with Crippen molar-refractivity contribution in [2.45, 2.75) is 32.4 Å². The van der Waals surface area contributed by atoms with Gasteiger partial charge in [-0.05, 0) is 59.4 Å². The molecule has 0 heterocycles. The molecule has 0 saturated carbocycles. The monoisotopic (exact) mass is 508 g/mol. The number of methoxy groups -OCH3 is 3. The average Bonchev–Trinajstić information content (AvgIpc) is 3.11. The van der Waals surface area contributed by atoms with Gasteiger partial charge < -0.3 is 24.8 Å². The maximum absolute atomic E-state index is 13.3. The van der Waals surface area contributed by atoms with Gasteiger partial charge in [0.25, 0.3) is 0 Å². The smallest absolute Gasteiger partial charge is 0.217 e. The average molecular weight is 509 g/mol. The van der Waals surface area contributed by atoms with Gasteiger partial charge in [-0.15, -0.1) is 0 Å². The van der Waals surface area contributed by atoms with Crippen molar-refractivity contribution < 1.29 is 19.0 Å². The molecule has 0 bridgehead atoms. The molecule has 8 heteroatoms. The Morgan fingerprint density at radius 3 is 2.44 bits per heavy atom. The Balaban J connectivity index is 1.91. The second-order valence-corrected chi connectivity index (χ2v) is 8.95. The molecule has 188 valence electrons. The number of hydrogen-bond donors (Lipinski definition) is 2. The Labute approximate surface area is 215 Å². The van der Waals surface area contributed by atoms with Crippen molar-refractivity contribution in [3.8, 4) is 28.4 Å². The van der Waals surface area contributed by atoms with E-state index >= 15 is 0 Å². The summed E-state index contributed by atoms with van der Waals surface area (Å²) >= 11 is 6.29. The van der Waals surface area contributed by atoms with Gasteiger partial charge in [-0.25, -0.2) is 0 Å². The van der Waals surface area contributed by atoms with Crippen LogP contribution in [-0.4, -0.2) is 27.2 Å². The molecule has 1 aliphatic rings. The molecular formula is C28H29ClN2O5. The lowest BCUT2D eigenvalue weighted by molar-refractivity contribution is -0.119. The molecule has 0 aromatic heterocycles. The molecule has 2 N–H and O–H groups in total. The number of nitrogens with one attached hydrogen (secondary N) is 2. The van der Waals surface area contributed by atoms with Gasteiger partial charge in [-0.2, -0.15) is 0 Å². The van der Waals surface area contributed by atoms with Crippen LogP contribution < -0.4 is 30.3 Å². The lowest BCUT2D eigenvalue weighted by Gasteiger charge is -2.19. The number of aryl methyl sites for hydroxylation is 1. The van der Waals surface area contributed by atoms with E-state index in [2.05, 4.69) is 10.6 Å². The second-order valence-electron chi connectivity index (χ2n) is 8.54. The van der Waals surface area contributed by atoms with Crippen LogP contribution in [0.5, 0.6) is 17.2 Å². The van der Waals surface area contributed by atoms with E-state index in [1.807, 2.05) is 36.4 Å². The Kier molecular flexibility index (Phi) is 7.70. The summed E-state index contributed by atoms with van der Waals surface area (Å²) in [5.74, 6) is 1.36. The van der Waals surface area contributed by atoms with E-state index in [9.17, 15) is 9.59 Å². The third kappa shape index (κ3) is 4.97. The molecule has 36 heavy (non-hydrogen) atoms. The van der Waals surface area contributed by atoms with Crippen molar-refractivity contribution in [2.75, 3.05) is 26.6 Å². The van der Waals surface area contributed by atoms with Crippen LogP contribution in [0.1, 0.15) is 36.1 Å². The highest BCUT2D eigenvalue weighted by molar-refractivity contribution is 6.31. The van der Waals surface area contributed by atoms with Gasteiger partial charge in [0.1, 0.15) is 0 Å². The SMILES string of the molecule is COc1cc2c(c(OC)c1OC)-c1ccc(NCc3ccccc3Cl)c(=O)cc1[C@H](NC(C)=O)CC2. The highest BCUT2D eigenvalue weighted by atomic mass is 35.5. The number of ether oxygens (including phenoxy) is 3. The van der Waals surface area contributed by atoms with E-state index in [1.54, 1.807) is 33.5 Å². The molecule has 0 aliphatic heterocycles. The van der Waals surface area contributed by atoms with Gasteiger partial charge in [0.15, 0.2) is 11.5 Å². The molecule has 7 nitrogen and oxygen atoms in total. The summed E-state index contributed by atoms with van der Waals surface area (Å²) in [7, 11) is 4.71. The molecule has 3 aromatic rings. The molecule has 0 unspecified atom stereocenters. The number of rotatable bonds is 7. The number of hydrogen-bond acceptors (Lipinski definition) is 6. The molecule has 0 fully saturated rings. The van der Waals surface area contributed by atoms with Crippen molar-refractivity contribution in [3.05, 3.63) is 80.5 Å². The van der Waals surface area contributed by atoms with Crippen molar-refractivity contribution >= 4 is 23.2 Å². The van der Waals surface area contributed by atoms with Crippen molar-refractivity contribution in [1.82, 2.24) is 5.32 Å². The highest BCUT2D eigenvalue weighted by Crippen LogP contribution is 2.50. The Morgan fingerprint density at radius 2 is 1.78 bits per heavy atom. The van der Waals surface area contributed by atoms with E-state index < -0.39 is 0 Å². The van der Waals surface area contributed by atoms with Gasteiger partial charge in [-0.1, -0.05) is 35.9 Å². The number of anilines is 1. The molecule has 1 atom stereocenters. The molecule has 3 aromatic carbocycles. The van der Waals surface area contributed by atoms with Crippen LogP contribution in [0.2, 0.25) is 5.02 Å². The third-order valence-electron chi connectivity index (χ3n) is 6.34. The van der Waals surface area contributed by atoms with Crippen molar-refractivity contribution in [3.63, 3.8) is 0 Å². The summed E-state index contributed by atoms with van der Waals surface area (Å²) < 4.78 is 17.0. The first-order chi connectivity index (χ1) is 17.4. The summed E-state index contributed by atoms with van der Waals surface area (Å²) in [5, 5.41) is 6.86. The molecule has 0 saturated heterocycles. The maximum Gasteiger partial charge on any atom is 0.217 e. The first-order valence-electron chi connectivity index (χ1n) is 11.6. The van der Waals surface area contributed by atoms with Crippen molar-refractivity contribution in [2.24, 2.45) is 0 Å². The van der Waals surface area contributed by atoms with Gasteiger partial charge in [-0.3, -0.25) is 9.59 Å². The fourth-order valence-electron chi connectivity index (χ4n) is 4.69. The predicted molar refractivity (Wildman–Crippen MR) is 141 cm³/mol. The zero-order chi connectivity index (χ0) is 25.8. The number of amides is 1. The Bertz CT molecular complexity index is 1360. The number of benzene rings is 2. The number of carbonyl (C=O) groups is 1. The molecule has 0 radical (unpaired) electrons. The normalized spacial score (nSPS) is 14.1. The molecule has 1 amide bonds. The highest BCUT2D eigenvalue weighted by Gasteiger charge is 2.29. The zero-order valence-corrected chi connectivity index (χ0v) is 21.5. The standard InChI is InChI=1S/C28H29ClN2O5/c1-16(32)31-22-11-9-17-13-25(34-2)27(35-3)28(36-4)26(17)19-10-12-23(24(33)14-20(19)22)30-15-18-7-5-6-8-21(18)29/h5-8,10,12-14,22H,9,11,15H2,1-4H3,(H,30,33)(H,31,32)/t22-/m1/s1. The van der Waals surface area contributed by atoms with Crippen LogP contribution in [0.15, 0.2) is 53.3 Å². The summed E-state index contributed by atoms with van der Waals surface area (Å²) in [4.78, 5) is 25.4. The molecular weight excluding hydrogens is 480 g/mol. The quantitative estimate of drug-likeness (QED) is 0.460. The summed E-state index contributed by atoms with van der Waals surface area (Å²) in [5.41, 5.74) is 4.39. The topological polar surface area (TPSA) is 85.9 Å². The zero-order valence-electron chi connectivity index (χ0n) is 20.7. The predicted octanol–water partition coefficient (Wildman–Crippen LogP) is 5.13. The van der Waals surface area contributed by atoms with Crippen LogP contribution in [-0.2, 0) is 17.8 Å². The van der Waals surface area contributed by atoms with Crippen LogP contribution in [0.25, 0.3) is 11.1 Å². The van der Waals surface area contributed by atoms with Gasteiger partial charge in [0.2, 0.25) is 17.1 Å². The van der Waals surface area contributed by atoms with Crippen molar-refractivity contribution in [1.29, 1.82) is 0 Å². The molecule has 0 spiro atoms. The first kappa shape index (κ1) is 25.4. The Morgan fingerprint density at radius 1 is 1.03 bits per heavy atom. The fraction of sp³-hybridized carbons (Fsp3) is 0.286. The fourth-order valence-corrected chi connectivity index (χ4v) is 4.89. The molecule has 1 aliphatic carbocycles. The molecule has 4 rings (SSSR count). The number of fused-ring (bicyclic) bond motifs is 3. The lowest BCUT2D eigenvalue weighted by atomic mass is 9.95. The largest absolute Gasteiger partial charge is 0.493 e. The van der Waals surface area contributed by atoms with E-state index in [-0.39, 0.29) is 17.4 Å². The minimum atomic E-state index is -0.358. The summed E-state index contributed by atoms with van der Waals surface area (Å²) in [6, 6.07) is 14.3. The lowest BCUT2D eigenvalue weighted by Crippen LogP contribution is -2.26. The van der Waals surface area contributed by atoms with Gasteiger partial charge >= 0.3 is 0 Å². The number of carbonyl (C=O) groups excluding carboxylic acids is 1. The second kappa shape index (κ2) is 10.9. The number of halogens is 1. The first-order valence-corrected chi connectivity index (χ1v) is 12.0. The van der Waals surface area contributed by atoms with Crippen LogP contribution in [0, 0.1) is 0 Å². The van der Waals surface area contributed by atoms with E-state index in [1.165, 1.54) is 6.92 Å². The minimum Gasteiger partial charge on any atom is -0.493 e. The van der Waals surface area contributed by atoms with E-state index in [0.29, 0.717) is 52.9 Å². The van der Waals surface area contributed by atoms with Gasteiger partial charge in [0, 0.05) is 24.1 Å². The van der Waals surface area contributed by atoms with Crippen LogP contribution >= 0.6 is 11.6 Å². The third-order valence-corrected chi connectivity index (χ3v) is 6.71. The maximum atomic E-state index is 13.3. The Hall–Kier alpha value is -3.71.